The fraction of sp³-hybridized carbons (Fsp3) is 0.267. The highest BCUT2D eigenvalue weighted by atomic mass is 16.2. The van der Waals surface area contributed by atoms with E-state index in [-0.39, 0.29) is 12.5 Å². The van der Waals surface area contributed by atoms with Gasteiger partial charge in [0.2, 0.25) is 0 Å². The van der Waals surface area contributed by atoms with Crippen molar-refractivity contribution in [2.24, 2.45) is 0 Å². The molecule has 0 aliphatic carbocycles. The number of aliphatic hydroxyl groups excluding tert-OH is 1. The van der Waals surface area contributed by atoms with E-state index in [1.165, 1.54) is 4.90 Å². The molecule has 0 spiro atoms. The van der Waals surface area contributed by atoms with E-state index in [9.17, 15) is 4.79 Å². The molecule has 0 bridgehead atoms. The number of carbonyl (C=O) groups is 1. The highest BCUT2D eigenvalue weighted by molar-refractivity contribution is 5.92. The number of H-pyrrole nitrogens is 1. The van der Waals surface area contributed by atoms with E-state index in [4.69, 9.17) is 5.11 Å². The third-order valence-corrected chi connectivity index (χ3v) is 2.74. The maximum absolute atomic E-state index is 12.2. The summed E-state index contributed by atoms with van der Waals surface area (Å²) in [5.74, 6) is 6.21. The molecule has 0 saturated carbocycles. The third-order valence-electron chi connectivity index (χ3n) is 2.74. The highest BCUT2D eigenvalue weighted by Crippen LogP contribution is 2.05. The first-order valence-corrected chi connectivity index (χ1v) is 6.50. The van der Waals surface area contributed by atoms with E-state index in [2.05, 4.69) is 26.8 Å². The van der Waals surface area contributed by atoms with E-state index in [0.29, 0.717) is 24.2 Å². The third kappa shape index (κ3) is 4.16. The minimum atomic E-state index is -0.179. The summed E-state index contributed by atoms with van der Waals surface area (Å²) in [4.78, 5) is 24.9. The Kier molecular flexibility index (Phi) is 5.07. The summed E-state index contributed by atoms with van der Waals surface area (Å²) < 4.78 is 0. The van der Waals surface area contributed by atoms with Gasteiger partial charge in [0.15, 0.2) is 0 Å². The van der Waals surface area contributed by atoms with Crippen molar-refractivity contribution in [3.8, 4) is 11.8 Å². The lowest BCUT2D eigenvalue weighted by molar-refractivity contribution is 0.0776. The minimum absolute atomic E-state index is 0.0363. The molecule has 0 atom stereocenters. The van der Waals surface area contributed by atoms with Crippen LogP contribution in [-0.2, 0) is 6.54 Å². The fourth-order valence-electron chi connectivity index (χ4n) is 1.69. The van der Waals surface area contributed by atoms with Crippen LogP contribution in [0.25, 0.3) is 0 Å². The van der Waals surface area contributed by atoms with E-state index in [1.807, 2.05) is 0 Å². The van der Waals surface area contributed by atoms with Gasteiger partial charge >= 0.3 is 0 Å². The van der Waals surface area contributed by atoms with E-state index >= 15 is 0 Å². The monoisotopic (exact) mass is 284 g/mol. The van der Waals surface area contributed by atoms with E-state index in [0.717, 1.165) is 5.82 Å². The first-order valence-electron chi connectivity index (χ1n) is 6.50. The molecule has 6 nitrogen and oxygen atoms in total. The molecular formula is C15H16N4O2. The van der Waals surface area contributed by atoms with Crippen molar-refractivity contribution in [3.05, 3.63) is 47.8 Å². The van der Waals surface area contributed by atoms with Gasteiger partial charge in [0, 0.05) is 37.6 Å². The first-order chi connectivity index (χ1) is 10.2. The van der Waals surface area contributed by atoms with Crippen LogP contribution in [0.1, 0.15) is 28.3 Å². The zero-order chi connectivity index (χ0) is 15.1. The Labute approximate surface area is 122 Å². The van der Waals surface area contributed by atoms with Gasteiger partial charge in [0.1, 0.15) is 11.5 Å². The quantitative estimate of drug-likeness (QED) is 0.814. The van der Waals surface area contributed by atoms with Gasteiger partial charge in [-0.15, -0.1) is 0 Å². The number of aliphatic hydroxyl groups is 1. The second-order valence-corrected chi connectivity index (χ2v) is 4.40. The number of rotatable bonds is 4. The molecule has 6 heteroatoms. The van der Waals surface area contributed by atoms with Crippen molar-refractivity contribution in [3.63, 3.8) is 0 Å². The van der Waals surface area contributed by atoms with Crippen molar-refractivity contribution >= 4 is 5.91 Å². The SMILES string of the molecule is CN(Cc1ncc[nH]1)C(=O)c1ccc(C#CCCO)cn1. The molecule has 0 radical (unpaired) electrons. The summed E-state index contributed by atoms with van der Waals surface area (Å²) in [7, 11) is 1.70. The lowest BCUT2D eigenvalue weighted by atomic mass is 10.2. The number of hydrogen-bond acceptors (Lipinski definition) is 4. The maximum Gasteiger partial charge on any atom is 0.272 e. The Balaban J connectivity index is 2.01. The fourth-order valence-corrected chi connectivity index (χ4v) is 1.69. The second-order valence-electron chi connectivity index (χ2n) is 4.40. The summed E-state index contributed by atoms with van der Waals surface area (Å²) in [6.45, 7) is 0.431. The van der Waals surface area contributed by atoms with E-state index in [1.54, 1.807) is 37.8 Å². The van der Waals surface area contributed by atoms with Crippen LogP contribution in [0.15, 0.2) is 30.7 Å². The predicted molar refractivity (Wildman–Crippen MR) is 77.2 cm³/mol. The average Bonchev–Trinajstić information content (AvgIpc) is 3.00. The van der Waals surface area contributed by atoms with Crippen LogP contribution in [-0.4, -0.2) is 44.5 Å². The predicted octanol–water partition coefficient (Wildman–Crippen LogP) is 0.811. The Morgan fingerprint density at radius 3 is 2.90 bits per heavy atom. The maximum atomic E-state index is 12.2. The van der Waals surface area contributed by atoms with Crippen LogP contribution in [0.2, 0.25) is 0 Å². The van der Waals surface area contributed by atoms with Gasteiger partial charge in [-0.25, -0.2) is 9.97 Å². The summed E-state index contributed by atoms with van der Waals surface area (Å²) in [5, 5.41) is 8.65. The zero-order valence-electron chi connectivity index (χ0n) is 11.7. The van der Waals surface area contributed by atoms with Gasteiger partial charge in [-0.2, -0.15) is 0 Å². The summed E-state index contributed by atoms with van der Waals surface area (Å²) in [6, 6.07) is 3.38. The number of nitrogens with zero attached hydrogens (tertiary/aromatic N) is 3. The number of imidazole rings is 1. The lowest BCUT2D eigenvalue weighted by Gasteiger charge is -2.15. The Morgan fingerprint density at radius 1 is 1.43 bits per heavy atom. The van der Waals surface area contributed by atoms with Crippen LogP contribution in [0.5, 0.6) is 0 Å². The Morgan fingerprint density at radius 2 is 2.29 bits per heavy atom. The van der Waals surface area contributed by atoms with Gasteiger partial charge < -0.3 is 15.0 Å². The number of aromatic nitrogens is 3. The Bertz CT molecular complexity index is 639. The van der Waals surface area contributed by atoms with Gasteiger partial charge in [-0.1, -0.05) is 11.8 Å². The number of aromatic amines is 1. The molecular weight excluding hydrogens is 268 g/mol. The van der Waals surface area contributed by atoms with Gasteiger partial charge in [-0.05, 0) is 12.1 Å². The topological polar surface area (TPSA) is 82.1 Å². The van der Waals surface area contributed by atoms with Crippen molar-refractivity contribution in [1.82, 2.24) is 19.9 Å². The first kappa shape index (κ1) is 14.8. The summed E-state index contributed by atoms with van der Waals surface area (Å²) in [6.07, 6.45) is 5.34. The van der Waals surface area contributed by atoms with Gasteiger partial charge in [0.05, 0.1) is 13.2 Å². The largest absolute Gasteiger partial charge is 0.395 e. The molecule has 0 unspecified atom stereocenters. The van der Waals surface area contributed by atoms with Crippen molar-refractivity contribution in [2.75, 3.05) is 13.7 Å². The van der Waals surface area contributed by atoms with Gasteiger partial charge in [-0.3, -0.25) is 4.79 Å². The normalized spacial score (nSPS) is 9.81. The molecule has 2 N–H and O–H groups in total. The van der Waals surface area contributed by atoms with Crippen LogP contribution in [0.4, 0.5) is 0 Å². The second kappa shape index (κ2) is 7.22. The van der Waals surface area contributed by atoms with Crippen LogP contribution in [0.3, 0.4) is 0 Å². The molecule has 1 amide bonds. The van der Waals surface area contributed by atoms with Crippen molar-refractivity contribution in [1.29, 1.82) is 0 Å². The van der Waals surface area contributed by atoms with E-state index < -0.39 is 0 Å². The summed E-state index contributed by atoms with van der Waals surface area (Å²) in [5.41, 5.74) is 1.07. The van der Waals surface area contributed by atoms with Crippen LogP contribution >= 0.6 is 0 Å². The van der Waals surface area contributed by atoms with Crippen molar-refractivity contribution < 1.29 is 9.90 Å². The smallest absolute Gasteiger partial charge is 0.272 e. The summed E-state index contributed by atoms with van der Waals surface area (Å²) >= 11 is 0. The molecule has 2 aromatic rings. The lowest BCUT2D eigenvalue weighted by Crippen LogP contribution is -2.27. The standard InChI is InChI=1S/C15H16N4O2/c1-19(11-14-16-7-8-17-14)15(21)13-6-5-12(10-18-13)4-2-3-9-20/h5-8,10,20H,3,9,11H2,1H3,(H,16,17). The molecule has 2 rings (SSSR count). The number of hydrogen-bond donors (Lipinski definition) is 2. The number of nitrogens with one attached hydrogen (secondary N) is 1. The molecule has 0 saturated heterocycles. The van der Waals surface area contributed by atoms with Gasteiger partial charge in [0.25, 0.3) is 5.91 Å². The number of amides is 1. The minimum Gasteiger partial charge on any atom is -0.395 e. The molecule has 108 valence electrons. The molecule has 2 aromatic heterocycles. The number of carbonyl (C=O) groups excluding carboxylic acids is 1. The molecule has 0 aliphatic heterocycles. The highest BCUT2D eigenvalue weighted by Gasteiger charge is 2.13. The van der Waals surface area contributed by atoms with Crippen molar-refractivity contribution in [2.45, 2.75) is 13.0 Å². The molecule has 0 aliphatic rings. The average molecular weight is 284 g/mol. The Hall–Kier alpha value is -2.65. The molecule has 2 heterocycles. The molecule has 0 fully saturated rings. The van der Waals surface area contributed by atoms with Crippen LogP contribution in [0, 0.1) is 11.8 Å². The number of pyridine rings is 1. The van der Waals surface area contributed by atoms with Crippen LogP contribution < -0.4 is 0 Å². The zero-order valence-corrected chi connectivity index (χ0v) is 11.7. The molecule has 0 aromatic carbocycles. The molecule has 21 heavy (non-hydrogen) atoms.